The summed E-state index contributed by atoms with van der Waals surface area (Å²) >= 11 is 5.05. The molecule has 0 aliphatic heterocycles. The van der Waals surface area contributed by atoms with Gasteiger partial charge in [-0.05, 0) is 24.1 Å². The van der Waals surface area contributed by atoms with E-state index in [0.29, 0.717) is 18.9 Å². The lowest BCUT2D eigenvalue weighted by Crippen LogP contribution is -2.28. The van der Waals surface area contributed by atoms with Gasteiger partial charge in [0.15, 0.2) is 5.13 Å². The fourth-order valence-corrected chi connectivity index (χ4v) is 3.11. The molecule has 1 aromatic carbocycles. The fraction of sp³-hybridized carbons (Fsp3) is 0.429. The maximum atomic E-state index is 11.6. The van der Waals surface area contributed by atoms with Gasteiger partial charge in [0, 0.05) is 24.0 Å². The zero-order valence-electron chi connectivity index (χ0n) is 11.6. The van der Waals surface area contributed by atoms with Crippen molar-refractivity contribution < 1.29 is 4.79 Å². The molecule has 20 heavy (non-hydrogen) atoms. The minimum absolute atomic E-state index is 0.0788. The Morgan fingerprint density at radius 1 is 1.45 bits per heavy atom. The van der Waals surface area contributed by atoms with Gasteiger partial charge < -0.3 is 10.6 Å². The highest BCUT2D eigenvalue weighted by Gasteiger charge is 2.05. The smallest absolute Gasteiger partial charge is 0.221 e. The first-order chi connectivity index (χ1) is 9.54. The van der Waals surface area contributed by atoms with Gasteiger partial charge in [-0.25, -0.2) is 4.98 Å². The summed E-state index contributed by atoms with van der Waals surface area (Å²) in [6, 6.07) is 6.01. The molecule has 2 aromatic rings. The van der Waals surface area contributed by atoms with Crippen LogP contribution in [0.25, 0.3) is 10.2 Å². The molecule has 0 fully saturated rings. The summed E-state index contributed by atoms with van der Waals surface area (Å²) in [5.41, 5.74) is 0.977. The fourth-order valence-electron chi connectivity index (χ4n) is 1.66. The normalized spacial score (nSPS) is 11.0. The third-order valence-electron chi connectivity index (χ3n) is 2.69. The van der Waals surface area contributed by atoms with Crippen LogP contribution in [0.1, 0.15) is 20.3 Å². The topological polar surface area (TPSA) is 54.0 Å². The van der Waals surface area contributed by atoms with E-state index >= 15 is 0 Å². The van der Waals surface area contributed by atoms with E-state index in [4.69, 9.17) is 0 Å². The summed E-state index contributed by atoms with van der Waals surface area (Å²) in [5, 5.41) is 6.96. The maximum absolute atomic E-state index is 11.6. The van der Waals surface area contributed by atoms with Crippen molar-refractivity contribution in [2.45, 2.75) is 20.3 Å². The summed E-state index contributed by atoms with van der Waals surface area (Å²) in [7, 11) is 0. The zero-order chi connectivity index (χ0) is 14.5. The average Bonchev–Trinajstić information content (AvgIpc) is 2.78. The first kappa shape index (κ1) is 15.3. The maximum Gasteiger partial charge on any atom is 0.221 e. The number of thiazole rings is 1. The molecule has 0 saturated carbocycles. The quantitative estimate of drug-likeness (QED) is 0.831. The number of hydrogen-bond donors (Lipinski definition) is 2. The number of nitrogens with zero attached hydrogens (tertiary/aromatic N) is 1. The number of carbonyl (C=O) groups excluding carboxylic acids is 1. The number of rotatable bonds is 6. The zero-order valence-corrected chi connectivity index (χ0v) is 14.0. The number of halogens is 1. The van der Waals surface area contributed by atoms with Gasteiger partial charge in [-0.1, -0.05) is 41.1 Å². The van der Waals surface area contributed by atoms with Crippen LogP contribution in [-0.4, -0.2) is 24.0 Å². The van der Waals surface area contributed by atoms with Crippen molar-refractivity contribution in [3.05, 3.63) is 22.7 Å². The lowest BCUT2D eigenvalue weighted by Gasteiger charge is -2.07. The molecule has 0 aliphatic rings. The first-order valence-corrected chi connectivity index (χ1v) is 8.22. The molecular formula is C14H18BrN3OS. The SMILES string of the molecule is CC(C)CNC(=O)CCNc1nc2ccc(Br)cc2s1. The second-order valence-corrected chi connectivity index (χ2v) is 6.95. The number of nitrogens with one attached hydrogen (secondary N) is 2. The molecule has 0 unspecified atom stereocenters. The van der Waals surface area contributed by atoms with Crippen molar-refractivity contribution in [2.24, 2.45) is 5.92 Å². The van der Waals surface area contributed by atoms with E-state index in [-0.39, 0.29) is 5.91 Å². The van der Waals surface area contributed by atoms with Crippen molar-refractivity contribution in [2.75, 3.05) is 18.4 Å². The summed E-state index contributed by atoms with van der Waals surface area (Å²) in [5.74, 6) is 0.560. The molecule has 0 saturated heterocycles. The Morgan fingerprint density at radius 3 is 3.00 bits per heavy atom. The molecule has 1 amide bonds. The van der Waals surface area contributed by atoms with Crippen molar-refractivity contribution in [1.29, 1.82) is 0 Å². The van der Waals surface area contributed by atoms with Gasteiger partial charge in [0.2, 0.25) is 5.91 Å². The second kappa shape index (κ2) is 7.04. The van der Waals surface area contributed by atoms with Crippen molar-refractivity contribution in [3.8, 4) is 0 Å². The van der Waals surface area contributed by atoms with Crippen LogP contribution < -0.4 is 10.6 Å². The number of anilines is 1. The molecule has 0 atom stereocenters. The average molecular weight is 356 g/mol. The van der Waals surface area contributed by atoms with Crippen LogP contribution >= 0.6 is 27.3 Å². The van der Waals surface area contributed by atoms with Gasteiger partial charge in [-0.2, -0.15) is 0 Å². The van der Waals surface area contributed by atoms with Crippen LogP contribution in [0, 0.1) is 5.92 Å². The summed E-state index contributed by atoms with van der Waals surface area (Å²) in [4.78, 5) is 16.1. The summed E-state index contributed by atoms with van der Waals surface area (Å²) in [6.45, 7) is 5.49. The van der Waals surface area contributed by atoms with Crippen LogP contribution in [0.5, 0.6) is 0 Å². The third-order valence-corrected chi connectivity index (χ3v) is 4.16. The van der Waals surface area contributed by atoms with Gasteiger partial charge in [-0.15, -0.1) is 0 Å². The monoisotopic (exact) mass is 355 g/mol. The van der Waals surface area contributed by atoms with Gasteiger partial charge in [0.05, 0.1) is 10.2 Å². The Labute approximate surface area is 131 Å². The predicted octanol–water partition coefficient (Wildman–Crippen LogP) is 3.63. The molecule has 0 radical (unpaired) electrons. The van der Waals surface area contributed by atoms with Gasteiger partial charge in [0.25, 0.3) is 0 Å². The minimum atomic E-state index is 0.0788. The van der Waals surface area contributed by atoms with Gasteiger partial charge in [-0.3, -0.25) is 4.79 Å². The lowest BCUT2D eigenvalue weighted by atomic mass is 10.2. The number of benzene rings is 1. The Kier molecular flexibility index (Phi) is 5.37. The van der Waals surface area contributed by atoms with E-state index in [0.717, 1.165) is 26.4 Å². The van der Waals surface area contributed by atoms with Crippen LogP contribution in [-0.2, 0) is 4.79 Å². The van der Waals surface area contributed by atoms with E-state index in [9.17, 15) is 4.79 Å². The largest absolute Gasteiger partial charge is 0.361 e. The molecule has 108 valence electrons. The molecule has 0 aliphatic carbocycles. The molecular weight excluding hydrogens is 338 g/mol. The van der Waals surface area contributed by atoms with Crippen molar-refractivity contribution >= 4 is 48.5 Å². The van der Waals surface area contributed by atoms with E-state index in [1.165, 1.54) is 0 Å². The highest BCUT2D eigenvalue weighted by Crippen LogP contribution is 2.28. The Morgan fingerprint density at radius 2 is 2.25 bits per heavy atom. The molecule has 0 bridgehead atoms. The van der Waals surface area contributed by atoms with Crippen LogP contribution in [0.4, 0.5) is 5.13 Å². The second-order valence-electron chi connectivity index (χ2n) is 5.01. The third kappa shape index (κ3) is 4.45. The Bertz CT molecular complexity index is 597. The van der Waals surface area contributed by atoms with E-state index in [1.807, 2.05) is 18.2 Å². The van der Waals surface area contributed by atoms with Gasteiger partial charge >= 0.3 is 0 Å². The van der Waals surface area contributed by atoms with E-state index in [1.54, 1.807) is 11.3 Å². The highest BCUT2D eigenvalue weighted by molar-refractivity contribution is 9.10. The molecule has 6 heteroatoms. The number of aromatic nitrogens is 1. The molecule has 1 heterocycles. The predicted molar refractivity (Wildman–Crippen MR) is 88.3 cm³/mol. The number of fused-ring (bicyclic) bond motifs is 1. The standard InChI is InChI=1S/C14H18BrN3OS/c1-9(2)8-17-13(19)5-6-16-14-18-11-4-3-10(15)7-12(11)20-14/h3-4,7,9H,5-6,8H2,1-2H3,(H,16,18)(H,17,19). The number of hydrogen-bond acceptors (Lipinski definition) is 4. The van der Waals surface area contributed by atoms with Crippen LogP contribution in [0.15, 0.2) is 22.7 Å². The van der Waals surface area contributed by atoms with Gasteiger partial charge in [0.1, 0.15) is 0 Å². The Hall–Kier alpha value is -1.14. The number of carbonyl (C=O) groups is 1. The van der Waals surface area contributed by atoms with Crippen LogP contribution in [0.3, 0.4) is 0 Å². The highest BCUT2D eigenvalue weighted by atomic mass is 79.9. The summed E-state index contributed by atoms with van der Waals surface area (Å²) in [6.07, 6.45) is 0.465. The molecule has 4 nitrogen and oxygen atoms in total. The molecule has 0 spiro atoms. The molecule has 2 N–H and O–H groups in total. The van der Waals surface area contributed by atoms with E-state index < -0.39 is 0 Å². The first-order valence-electron chi connectivity index (χ1n) is 6.61. The summed E-state index contributed by atoms with van der Waals surface area (Å²) < 4.78 is 2.18. The van der Waals surface area contributed by atoms with Crippen molar-refractivity contribution in [3.63, 3.8) is 0 Å². The lowest BCUT2D eigenvalue weighted by molar-refractivity contribution is -0.120. The minimum Gasteiger partial charge on any atom is -0.361 e. The van der Waals surface area contributed by atoms with Crippen molar-refractivity contribution in [1.82, 2.24) is 10.3 Å². The van der Waals surface area contributed by atoms with E-state index in [2.05, 4.69) is 45.4 Å². The molecule has 2 rings (SSSR count). The van der Waals surface area contributed by atoms with Crippen LogP contribution in [0.2, 0.25) is 0 Å². The molecule has 1 aromatic heterocycles. The Balaban J connectivity index is 1.82. The number of amides is 1.